The van der Waals surface area contributed by atoms with Crippen molar-refractivity contribution in [2.24, 2.45) is 0 Å². The van der Waals surface area contributed by atoms with Crippen LogP contribution >= 0.6 is 0 Å². The number of benzene rings is 3. The Morgan fingerprint density at radius 1 is 0.708 bits per heavy atom. The highest BCUT2D eigenvalue weighted by Gasteiger charge is 2.28. The predicted molar refractivity (Wildman–Crippen MR) is 95.8 cm³/mol. The third kappa shape index (κ3) is 3.34. The van der Waals surface area contributed by atoms with Gasteiger partial charge < -0.3 is 5.11 Å². The van der Waals surface area contributed by atoms with Crippen molar-refractivity contribution < 1.29 is 9.90 Å². The molecule has 3 aromatic carbocycles. The lowest BCUT2D eigenvalue weighted by Crippen LogP contribution is -2.24. The summed E-state index contributed by atoms with van der Waals surface area (Å²) in [4.78, 5) is 12.4. The van der Waals surface area contributed by atoms with Gasteiger partial charge in [0.1, 0.15) is 5.60 Å². The molecule has 0 fully saturated rings. The van der Waals surface area contributed by atoms with Gasteiger partial charge in [-0.2, -0.15) is 0 Å². The molecule has 0 amide bonds. The molecule has 3 aromatic rings. The molecule has 0 saturated heterocycles. The molecule has 0 aromatic heterocycles. The average molecular weight is 314 g/mol. The Kier molecular flexibility index (Phi) is 4.69. The Morgan fingerprint density at radius 2 is 1.12 bits per heavy atom. The minimum absolute atomic E-state index is 0.138. The average Bonchev–Trinajstić information content (AvgIpc) is 2.68. The van der Waals surface area contributed by atoms with Crippen LogP contribution in [0.25, 0.3) is 0 Å². The second kappa shape index (κ2) is 7.07. The van der Waals surface area contributed by atoms with E-state index >= 15 is 0 Å². The quantitative estimate of drug-likeness (QED) is 0.561. The highest BCUT2D eigenvalue weighted by Crippen LogP contribution is 2.31. The summed E-state index contributed by atoms with van der Waals surface area (Å²) < 4.78 is 0. The molecule has 0 aliphatic carbocycles. The lowest BCUT2D eigenvalue weighted by molar-refractivity contribution is 0.103. The summed E-state index contributed by atoms with van der Waals surface area (Å²) >= 11 is 0. The fourth-order valence-electron chi connectivity index (χ4n) is 2.64. The van der Waals surface area contributed by atoms with Crippen molar-refractivity contribution >= 4 is 5.78 Å². The lowest BCUT2D eigenvalue weighted by atomic mass is 9.85. The van der Waals surface area contributed by atoms with Crippen LogP contribution in [-0.4, -0.2) is 10.9 Å². The molecule has 0 unspecified atom stereocenters. The van der Waals surface area contributed by atoms with E-state index in [0.717, 1.165) is 0 Å². The first-order valence-corrected chi connectivity index (χ1v) is 7.82. The van der Waals surface area contributed by atoms with Gasteiger partial charge in [-0.15, -0.1) is 0 Å². The van der Waals surface area contributed by atoms with Gasteiger partial charge in [0.2, 0.25) is 0 Å². The van der Waals surface area contributed by atoms with Crippen molar-refractivity contribution in [2.45, 2.75) is 5.60 Å². The van der Waals surface area contributed by atoms with Crippen LogP contribution in [-0.2, 0) is 5.60 Å². The summed E-state index contributed by atoms with van der Waals surface area (Å²) in [5.74, 6) is -0.138. The number of aliphatic hydroxyl groups is 1. The summed E-state index contributed by atoms with van der Waals surface area (Å²) in [6.45, 7) is 0. The lowest BCUT2D eigenvalue weighted by Gasteiger charge is -2.26. The van der Waals surface area contributed by atoms with Crippen molar-refractivity contribution in [3.8, 4) is 0 Å². The van der Waals surface area contributed by atoms with E-state index < -0.39 is 5.60 Å². The zero-order chi connectivity index (χ0) is 16.8. The number of carbonyl (C=O) groups is 1. The monoisotopic (exact) mass is 314 g/mol. The van der Waals surface area contributed by atoms with Gasteiger partial charge in [0.25, 0.3) is 0 Å². The van der Waals surface area contributed by atoms with Crippen LogP contribution in [0.2, 0.25) is 0 Å². The van der Waals surface area contributed by atoms with Crippen molar-refractivity contribution in [1.82, 2.24) is 0 Å². The molecule has 0 heterocycles. The zero-order valence-corrected chi connectivity index (χ0v) is 13.2. The smallest absolute Gasteiger partial charge is 0.185 e. The van der Waals surface area contributed by atoms with Crippen molar-refractivity contribution in [1.29, 1.82) is 0 Å². The zero-order valence-electron chi connectivity index (χ0n) is 13.2. The molecule has 0 aliphatic heterocycles. The molecule has 0 spiro atoms. The minimum Gasteiger partial charge on any atom is -0.377 e. The first-order valence-electron chi connectivity index (χ1n) is 7.82. The fourth-order valence-corrected chi connectivity index (χ4v) is 2.64. The molecule has 0 atom stereocenters. The molecule has 24 heavy (non-hydrogen) atoms. The van der Waals surface area contributed by atoms with E-state index in [1.807, 2.05) is 78.9 Å². The molecule has 3 rings (SSSR count). The molecule has 118 valence electrons. The second-order valence-electron chi connectivity index (χ2n) is 5.56. The highest BCUT2D eigenvalue weighted by molar-refractivity contribution is 6.04. The van der Waals surface area contributed by atoms with Crippen LogP contribution in [0.5, 0.6) is 0 Å². The van der Waals surface area contributed by atoms with Crippen LogP contribution in [0.4, 0.5) is 0 Å². The Labute approximate surface area is 141 Å². The largest absolute Gasteiger partial charge is 0.377 e. The maximum Gasteiger partial charge on any atom is 0.185 e. The summed E-state index contributed by atoms with van der Waals surface area (Å²) in [6, 6.07) is 27.7. The van der Waals surface area contributed by atoms with E-state index in [-0.39, 0.29) is 5.78 Å². The first kappa shape index (κ1) is 15.9. The maximum absolute atomic E-state index is 12.4. The van der Waals surface area contributed by atoms with Crippen LogP contribution in [0.3, 0.4) is 0 Å². The van der Waals surface area contributed by atoms with Gasteiger partial charge in [0.05, 0.1) is 0 Å². The van der Waals surface area contributed by atoms with Crippen LogP contribution in [0.1, 0.15) is 21.5 Å². The molecule has 0 saturated carbocycles. The van der Waals surface area contributed by atoms with Gasteiger partial charge in [0.15, 0.2) is 5.78 Å². The Balaban J connectivity index is 2.00. The molecule has 0 radical (unpaired) electrons. The number of rotatable bonds is 5. The number of ketones is 1. The molecular formula is C22H18O2. The predicted octanol–water partition coefficient (Wildman–Crippen LogP) is 4.36. The molecule has 2 nitrogen and oxygen atoms in total. The van der Waals surface area contributed by atoms with Gasteiger partial charge in [-0.3, -0.25) is 4.79 Å². The van der Waals surface area contributed by atoms with Crippen molar-refractivity contribution in [3.05, 3.63) is 120 Å². The number of carbonyl (C=O) groups excluding carboxylic acids is 1. The number of allylic oxidation sites excluding steroid dienone is 1. The summed E-state index contributed by atoms with van der Waals surface area (Å²) in [6.07, 6.45) is 3.00. The normalized spacial score (nSPS) is 11.5. The van der Waals surface area contributed by atoms with Gasteiger partial charge >= 0.3 is 0 Å². The maximum atomic E-state index is 12.4. The van der Waals surface area contributed by atoms with E-state index in [9.17, 15) is 9.90 Å². The van der Waals surface area contributed by atoms with Gasteiger partial charge in [-0.05, 0) is 23.3 Å². The topological polar surface area (TPSA) is 37.3 Å². The van der Waals surface area contributed by atoms with E-state index in [1.165, 1.54) is 6.08 Å². The number of hydrogen-bond acceptors (Lipinski definition) is 2. The summed E-state index contributed by atoms with van der Waals surface area (Å²) in [7, 11) is 0. The van der Waals surface area contributed by atoms with Gasteiger partial charge in [0, 0.05) is 5.56 Å². The molecular weight excluding hydrogens is 296 g/mol. The van der Waals surface area contributed by atoms with Crippen LogP contribution in [0, 0.1) is 0 Å². The molecule has 0 bridgehead atoms. The minimum atomic E-state index is -1.35. The van der Waals surface area contributed by atoms with E-state index in [4.69, 9.17) is 0 Å². The Morgan fingerprint density at radius 3 is 1.58 bits per heavy atom. The molecule has 0 aliphatic rings. The van der Waals surface area contributed by atoms with Crippen molar-refractivity contribution in [2.75, 3.05) is 0 Å². The molecule has 1 N–H and O–H groups in total. The van der Waals surface area contributed by atoms with Gasteiger partial charge in [-0.1, -0.05) is 91.0 Å². The Bertz CT molecular complexity index is 782. The van der Waals surface area contributed by atoms with Gasteiger partial charge in [-0.25, -0.2) is 0 Å². The third-order valence-corrected chi connectivity index (χ3v) is 3.96. The van der Waals surface area contributed by atoms with E-state index in [1.54, 1.807) is 18.2 Å². The molecule has 2 heteroatoms. The fraction of sp³-hybridized carbons (Fsp3) is 0.0455. The summed E-state index contributed by atoms with van der Waals surface area (Å²) in [5, 5.41) is 11.3. The van der Waals surface area contributed by atoms with Crippen LogP contribution < -0.4 is 0 Å². The summed E-state index contributed by atoms with van der Waals surface area (Å²) in [5.41, 5.74) is 0.673. The number of hydrogen-bond donors (Lipinski definition) is 1. The van der Waals surface area contributed by atoms with E-state index in [0.29, 0.717) is 16.7 Å². The highest BCUT2D eigenvalue weighted by atomic mass is 16.3. The first-order chi connectivity index (χ1) is 11.7. The second-order valence-corrected chi connectivity index (χ2v) is 5.56. The Hall–Kier alpha value is -2.97. The standard InChI is InChI=1S/C22H18O2/c23-21(18-10-4-1-5-11-18)16-17-22(24,19-12-6-2-7-13-19)20-14-8-3-9-15-20/h1-17,24H/b17-16+. The third-order valence-electron chi connectivity index (χ3n) is 3.96. The van der Waals surface area contributed by atoms with Crippen LogP contribution in [0.15, 0.2) is 103 Å². The van der Waals surface area contributed by atoms with E-state index in [2.05, 4.69) is 0 Å². The SMILES string of the molecule is O=C(/C=C/C(O)(c1ccccc1)c1ccccc1)c1ccccc1. The van der Waals surface area contributed by atoms with Crippen molar-refractivity contribution in [3.63, 3.8) is 0 Å².